The SMILES string of the molecule is CCC(CC)C(N)c1cc(F)ccc1F. The zero-order valence-corrected chi connectivity index (χ0v) is 9.13. The maximum Gasteiger partial charge on any atom is 0.128 e. The molecular formula is C12H17F2N. The van der Waals surface area contributed by atoms with Gasteiger partial charge in [-0.2, -0.15) is 0 Å². The third-order valence-corrected chi connectivity index (χ3v) is 2.87. The molecule has 1 aromatic rings. The van der Waals surface area contributed by atoms with E-state index in [2.05, 4.69) is 0 Å². The molecule has 0 heterocycles. The summed E-state index contributed by atoms with van der Waals surface area (Å²) in [5.41, 5.74) is 6.20. The molecule has 0 aliphatic heterocycles. The number of hydrogen-bond donors (Lipinski definition) is 1. The molecule has 1 unspecified atom stereocenters. The Morgan fingerprint density at radius 1 is 1.20 bits per heavy atom. The molecule has 0 saturated heterocycles. The van der Waals surface area contributed by atoms with E-state index < -0.39 is 17.7 Å². The minimum atomic E-state index is -0.437. The maximum absolute atomic E-state index is 13.4. The van der Waals surface area contributed by atoms with Crippen LogP contribution in [0.1, 0.15) is 38.3 Å². The van der Waals surface area contributed by atoms with Gasteiger partial charge in [0.15, 0.2) is 0 Å². The van der Waals surface area contributed by atoms with Crippen LogP contribution in [0.5, 0.6) is 0 Å². The molecule has 1 nitrogen and oxygen atoms in total. The molecule has 1 rings (SSSR count). The molecule has 0 aliphatic carbocycles. The van der Waals surface area contributed by atoms with Gasteiger partial charge in [-0.15, -0.1) is 0 Å². The Hall–Kier alpha value is -0.960. The lowest BCUT2D eigenvalue weighted by atomic mass is 9.89. The van der Waals surface area contributed by atoms with Gasteiger partial charge in [0, 0.05) is 11.6 Å². The van der Waals surface area contributed by atoms with Crippen LogP contribution in [0.25, 0.3) is 0 Å². The number of hydrogen-bond acceptors (Lipinski definition) is 1. The zero-order chi connectivity index (χ0) is 11.4. The second kappa shape index (κ2) is 5.21. The molecule has 2 N–H and O–H groups in total. The highest BCUT2D eigenvalue weighted by Gasteiger charge is 2.19. The Morgan fingerprint density at radius 3 is 2.33 bits per heavy atom. The van der Waals surface area contributed by atoms with Crippen LogP contribution in [-0.4, -0.2) is 0 Å². The summed E-state index contributed by atoms with van der Waals surface area (Å²) in [6, 6.07) is 3.01. The van der Waals surface area contributed by atoms with Crippen LogP contribution in [0.4, 0.5) is 8.78 Å². The Morgan fingerprint density at radius 2 is 1.80 bits per heavy atom. The predicted octanol–water partition coefficient (Wildman–Crippen LogP) is 3.40. The fourth-order valence-corrected chi connectivity index (χ4v) is 1.82. The highest BCUT2D eigenvalue weighted by molar-refractivity contribution is 5.22. The van der Waals surface area contributed by atoms with Gasteiger partial charge >= 0.3 is 0 Å². The van der Waals surface area contributed by atoms with E-state index >= 15 is 0 Å². The van der Waals surface area contributed by atoms with Crippen molar-refractivity contribution >= 4 is 0 Å². The average molecular weight is 213 g/mol. The maximum atomic E-state index is 13.4. The minimum Gasteiger partial charge on any atom is -0.324 e. The monoisotopic (exact) mass is 213 g/mol. The second-order valence-electron chi connectivity index (χ2n) is 3.77. The Kier molecular flexibility index (Phi) is 4.21. The van der Waals surface area contributed by atoms with Gasteiger partial charge in [-0.25, -0.2) is 8.78 Å². The summed E-state index contributed by atoms with van der Waals surface area (Å²) in [5.74, 6) is -0.662. The molecule has 1 aromatic carbocycles. The van der Waals surface area contributed by atoms with Gasteiger partial charge in [0.2, 0.25) is 0 Å². The van der Waals surface area contributed by atoms with Crippen molar-refractivity contribution in [3.63, 3.8) is 0 Å². The molecule has 3 heteroatoms. The Labute approximate surface area is 89.3 Å². The topological polar surface area (TPSA) is 26.0 Å². The summed E-state index contributed by atoms with van der Waals surface area (Å²) in [6.45, 7) is 4.01. The molecule has 15 heavy (non-hydrogen) atoms. The van der Waals surface area contributed by atoms with Crippen molar-refractivity contribution in [2.75, 3.05) is 0 Å². The van der Waals surface area contributed by atoms with Crippen molar-refractivity contribution in [1.29, 1.82) is 0 Å². The van der Waals surface area contributed by atoms with Crippen LogP contribution in [0.15, 0.2) is 18.2 Å². The fraction of sp³-hybridized carbons (Fsp3) is 0.500. The van der Waals surface area contributed by atoms with Gasteiger partial charge in [-0.1, -0.05) is 26.7 Å². The fourth-order valence-electron chi connectivity index (χ4n) is 1.82. The van der Waals surface area contributed by atoms with E-state index in [1.54, 1.807) is 0 Å². The van der Waals surface area contributed by atoms with Crippen LogP contribution in [0.2, 0.25) is 0 Å². The molecule has 0 fully saturated rings. The van der Waals surface area contributed by atoms with Gasteiger partial charge in [-0.05, 0) is 24.1 Å². The Balaban J connectivity index is 2.98. The van der Waals surface area contributed by atoms with Gasteiger partial charge in [0.25, 0.3) is 0 Å². The van der Waals surface area contributed by atoms with Gasteiger partial charge in [-0.3, -0.25) is 0 Å². The van der Waals surface area contributed by atoms with Crippen molar-refractivity contribution in [1.82, 2.24) is 0 Å². The summed E-state index contributed by atoms with van der Waals surface area (Å²) < 4.78 is 26.4. The summed E-state index contributed by atoms with van der Waals surface area (Å²) in [6.07, 6.45) is 1.74. The molecule has 0 amide bonds. The summed E-state index contributed by atoms with van der Waals surface area (Å²) in [7, 11) is 0. The molecule has 0 aromatic heterocycles. The first-order valence-electron chi connectivity index (χ1n) is 5.30. The second-order valence-corrected chi connectivity index (χ2v) is 3.77. The number of rotatable bonds is 4. The molecular weight excluding hydrogens is 196 g/mol. The number of halogens is 2. The van der Waals surface area contributed by atoms with E-state index in [-0.39, 0.29) is 11.5 Å². The van der Waals surface area contributed by atoms with Crippen LogP contribution < -0.4 is 5.73 Å². The van der Waals surface area contributed by atoms with E-state index in [1.165, 1.54) is 6.07 Å². The lowest BCUT2D eigenvalue weighted by molar-refractivity contribution is 0.392. The summed E-state index contributed by atoms with van der Waals surface area (Å²) in [5, 5.41) is 0. The van der Waals surface area contributed by atoms with Crippen molar-refractivity contribution < 1.29 is 8.78 Å². The molecule has 0 radical (unpaired) electrons. The average Bonchev–Trinajstić information content (AvgIpc) is 2.23. The van der Waals surface area contributed by atoms with Crippen molar-refractivity contribution in [2.45, 2.75) is 32.7 Å². The highest BCUT2D eigenvalue weighted by atomic mass is 19.1. The van der Waals surface area contributed by atoms with Crippen molar-refractivity contribution in [3.05, 3.63) is 35.4 Å². The standard InChI is InChI=1S/C12H17F2N/c1-3-8(4-2)12(15)10-7-9(13)5-6-11(10)14/h5-8,12H,3-4,15H2,1-2H3. The van der Waals surface area contributed by atoms with Crippen LogP contribution in [-0.2, 0) is 0 Å². The first kappa shape index (κ1) is 12.1. The van der Waals surface area contributed by atoms with E-state index in [9.17, 15) is 8.78 Å². The summed E-state index contributed by atoms with van der Waals surface area (Å²) >= 11 is 0. The first-order valence-corrected chi connectivity index (χ1v) is 5.30. The summed E-state index contributed by atoms with van der Waals surface area (Å²) in [4.78, 5) is 0. The largest absolute Gasteiger partial charge is 0.324 e. The quantitative estimate of drug-likeness (QED) is 0.815. The van der Waals surface area contributed by atoms with Crippen molar-refractivity contribution in [2.24, 2.45) is 11.7 Å². The third kappa shape index (κ3) is 2.75. The molecule has 0 saturated carbocycles. The van der Waals surface area contributed by atoms with E-state index in [0.29, 0.717) is 0 Å². The Bertz CT molecular complexity index is 321. The number of nitrogens with two attached hydrogens (primary N) is 1. The van der Waals surface area contributed by atoms with Gasteiger partial charge in [0.05, 0.1) is 0 Å². The van der Waals surface area contributed by atoms with Crippen molar-refractivity contribution in [3.8, 4) is 0 Å². The zero-order valence-electron chi connectivity index (χ0n) is 9.13. The van der Waals surface area contributed by atoms with Crippen LogP contribution in [0, 0.1) is 17.6 Å². The predicted molar refractivity (Wildman–Crippen MR) is 57.4 cm³/mol. The molecule has 84 valence electrons. The van der Waals surface area contributed by atoms with E-state index in [4.69, 9.17) is 5.73 Å². The van der Waals surface area contributed by atoms with E-state index in [1.807, 2.05) is 13.8 Å². The minimum absolute atomic E-state index is 0.196. The normalized spacial score (nSPS) is 13.2. The van der Waals surface area contributed by atoms with E-state index in [0.717, 1.165) is 25.0 Å². The molecule has 1 atom stereocenters. The lowest BCUT2D eigenvalue weighted by Gasteiger charge is -2.21. The third-order valence-electron chi connectivity index (χ3n) is 2.87. The van der Waals surface area contributed by atoms with Crippen LogP contribution >= 0.6 is 0 Å². The number of benzene rings is 1. The lowest BCUT2D eigenvalue weighted by Crippen LogP contribution is -2.21. The first-order chi connectivity index (χ1) is 7.10. The van der Waals surface area contributed by atoms with Crippen LogP contribution in [0.3, 0.4) is 0 Å². The van der Waals surface area contributed by atoms with Gasteiger partial charge in [0.1, 0.15) is 11.6 Å². The smallest absolute Gasteiger partial charge is 0.128 e. The highest BCUT2D eigenvalue weighted by Crippen LogP contribution is 2.27. The molecule has 0 bridgehead atoms. The molecule has 0 aliphatic rings. The molecule has 0 spiro atoms. The van der Waals surface area contributed by atoms with Gasteiger partial charge < -0.3 is 5.73 Å².